The summed E-state index contributed by atoms with van der Waals surface area (Å²) >= 11 is 0. The summed E-state index contributed by atoms with van der Waals surface area (Å²) in [6.07, 6.45) is 2.14. The van der Waals surface area contributed by atoms with Gasteiger partial charge in [-0.15, -0.1) is 0 Å². The van der Waals surface area contributed by atoms with E-state index in [0.717, 1.165) is 13.1 Å². The van der Waals surface area contributed by atoms with Crippen molar-refractivity contribution in [3.05, 3.63) is 0 Å². The number of nitrogens with one attached hydrogen (secondary N) is 2. The molecule has 0 saturated heterocycles. The molecule has 0 heterocycles. The zero-order valence-corrected chi connectivity index (χ0v) is 8.27. The second kappa shape index (κ2) is 8.97. The Bertz CT molecular complexity index is 88.6. The minimum Gasteiger partial charge on any atom is -0.390 e. The molecule has 74 valence electrons. The molecule has 0 fully saturated rings. The summed E-state index contributed by atoms with van der Waals surface area (Å²) in [6, 6.07) is 0. The van der Waals surface area contributed by atoms with Crippen LogP contribution in [0.25, 0.3) is 0 Å². The Labute approximate surface area is 75.6 Å². The SMILES string of the molecule is CCCCNCC(O)CNCC. The average molecular weight is 174 g/mol. The molecule has 3 N–H and O–H groups in total. The highest BCUT2D eigenvalue weighted by Gasteiger charge is 2.00. The molecule has 3 nitrogen and oxygen atoms in total. The van der Waals surface area contributed by atoms with Gasteiger partial charge in [0.1, 0.15) is 0 Å². The molecule has 1 atom stereocenters. The summed E-state index contributed by atoms with van der Waals surface area (Å²) in [5.41, 5.74) is 0. The molecule has 0 saturated carbocycles. The number of hydrogen-bond acceptors (Lipinski definition) is 3. The van der Waals surface area contributed by atoms with Crippen LogP contribution in [0.4, 0.5) is 0 Å². The molecule has 3 heteroatoms. The van der Waals surface area contributed by atoms with Crippen molar-refractivity contribution in [1.82, 2.24) is 10.6 Å². The van der Waals surface area contributed by atoms with Gasteiger partial charge in [0, 0.05) is 13.1 Å². The van der Waals surface area contributed by atoms with E-state index < -0.39 is 0 Å². The molecular formula is C9H22N2O. The first-order valence-electron chi connectivity index (χ1n) is 4.90. The maximum absolute atomic E-state index is 9.35. The van der Waals surface area contributed by atoms with Crippen molar-refractivity contribution < 1.29 is 5.11 Å². The first-order valence-corrected chi connectivity index (χ1v) is 4.90. The van der Waals surface area contributed by atoms with Crippen molar-refractivity contribution in [3.8, 4) is 0 Å². The molecular weight excluding hydrogens is 152 g/mol. The number of likely N-dealkylation sites (N-methyl/N-ethyl adjacent to an activating group) is 1. The fourth-order valence-corrected chi connectivity index (χ4v) is 0.954. The van der Waals surface area contributed by atoms with Gasteiger partial charge in [-0.3, -0.25) is 0 Å². The lowest BCUT2D eigenvalue weighted by atomic mass is 10.3. The second-order valence-corrected chi connectivity index (χ2v) is 3.02. The van der Waals surface area contributed by atoms with Crippen molar-refractivity contribution in [1.29, 1.82) is 0 Å². The van der Waals surface area contributed by atoms with E-state index in [0.29, 0.717) is 13.1 Å². The number of unbranched alkanes of at least 4 members (excludes halogenated alkanes) is 1. The van der Waals surface area contributed by atoms with E-state index in [1.807, 2.05) is 6.92 Å². The third kappa shape index (κ3) is 7.98. The number of aliphatic hydroxyl groups excluding tert-OH is 1. The summed E-state index contributed by atoms with van der Waals surface area (Å²) in [5, 5.41) is 15.7. The lowest BCUT2D eigenvalue weighted by molar-refractivity contribution is 0.169. The van der Waals surface area contributed by atoms with Crippen LogP contribution < -0.4 is 10.6 Å². The van der Waals surface area contributed by atoms with E-state index in [4.69, 9.17) is 0 Å². The third-order valence-corrected chi connectivity index (χ3v) is 1.72. The lowest BCUT2D eigenvalue weighted by Gasteiger charge is -2.11. The quantitative estimate of drug-likeness (QED) is 0.465. The van der Waals surface area contributed by atoms with Gasteiger partial charge in [0.25, 0.3) is 0 Å². The van der Waals surface area contributed by atoms with Gasteiger partial charge in [-0.2, -0.15) is 0 Å². The average Bonchev–Trinajstić information content (AvgIpc) is 2.09. The minimum absolute atomic E-state index is 0.248. The molecule has 0 radical (unpaired) electrons. The molecule has 0 rings (SSSR count). The van der Waals surface area contributed by atoms with Gasteiger partial charge in [-0.1, -0.05) is 20.3 Å². The Hall–Kier alpha value is -0.120. The molecule has 0 aromatic rings. The van der Waals surface area contributed by atoms with Crippen molar-refractivity contribution in [2.45, 2.75) is 32.8 Å². The highest BCUT2D eigenvalue weighted by atomic mass is 16.3. The molecule has 0 aliphatic rings. The van der Waals surface area contributed by atoms with Gasteiger partial charge in [0.05, 0.1) is 6.10 Å². The Kier molecular flexibility index (Phi) is 8.88. The molecule has 0 aliphatic heterocycles. The van der Waals surface area contributed by atoms with Crippen LogP contribution in [-0.4, -0.2) is 37.4 Å². The van der Waals surface area contributed by atoms with Crippen LogP contribution in [0.5, 0.6) is 0 Å². The van der Waals surface area contributed by atoms with E-state index in [1.54, 1.807) is 0 Å². The van der Waals surface area contributed by atoms with Crippen LogP contribution in [0, 0.1) is 0 Å². The fourth-order valence-electron chi connectivity index (χ4n) is 0.954. The largest absolute Gasteiger partial charge is 0.390 e. The number of hydrogen-bond donors (Lipinski definition) is 3. The van der Waals surface area contributed by atoms with Crippen LogP contribution in [0.3, 0.4) is 0 Å². The van der Waals surface area contributed by atoms with Gasteiger partial charge in [0.15, 0.2) is 0 Å². The third-order valence-electron chi connectivity index (χ3n) is 1.72. The van der Waals surface area contributed by atoms with Crippen molar-refractivity contribution >= 4 is 0 Å². The smallest absolute Gasteiger partial charge is 0.0788 e. The summed E-state index contributed by atoms with van der Waals surface area (Å²) in [5.74, 6) is 0. The summed E-state index contributed by atoms with van der Waals surface area (Å²) in [6.45, 7) is 7.53. The Morgan fingerprint density at radius 3 is 2.42 bits per heavy atom. The van der Waals surface area contributed by atoms with Gasteiger partial charge in [-0.05, 0) is 19.5 Å². The molecule has 0 bridgehead atoms. The monoisotopic (exact) mass is 174 g/mol. The summed E-state index contributed by atoms with van der Waals surface area (Å²) in [4.78, 5) is 0. The van der Waals surface area contributed by atoms with Gasteiger partial charge < -0.3 is 15.7 Å². The Balaban J connectivity index is 3.02. The maximum Gasteiger partial charge on any atom is 0.0788 e. The van der Waals surface area contributed by atoms with Gasteiger partial charge in [-0.25, -0.2) is 0 Å². The van der Waals surface area contributed by atoms with Crippen molar-refractivity contribution in [3.63, 3.8) is 0 Å². The predicted octanol–water partition coefficient (Wildman–Crippen LogP) is 0.346. The number of rotatable bonds is 8. The number of aliphatic hydroxyl groups is 1. The molecule has 1 unspecified atom stereocenters. The van der Waals surface area contributed by atoms with E-state index in [9.17, 15) is 5.11 Å². The lowest BCUT2D eigenvalue weighted by Crippen LogP contribution is -2.35. The predicted molar refractivity (Wildman–Crippen MR) is 52.3 cm³/mol. The fraction of sp³-hybridized carbons (Fsp3) is 1.00. The van der Waals surface area contributed by atoms with Crippen molar-refractivity contribution in [2.75, 3.05) is 26.2 Å². The molecule has 0 aromatic heterocycles. The van der Waals surface area contributed by atoms with Gasteiger partial charge in [0.2, 0.25) is 0 Å². The van der Waals surface area contributed by atoms with Gasteiger partial charge >= 0.3 is 0 Å². The highest BCUT2D eigenvalue weighted by molar-refractivity contribution is 4.61. The van der Waals surface area contributed by atoms with E-state index >= 15 is 0 Å². The molecule has 0 aromatic carbocycles. The summed E-state index contributed by atoms with van der Waals surface area (Å²) < 4.78 is 0. The molecule has 0 spiro atoms. The van der Waals surface area contributed by atoms with Crippen LogP contribution in [0.2, 0.25) is 0 Å². The Morgan fingerprint density at radius 2 is 1.83 bits per heavy atom. The van der Waals surface area contributed by atoms with Crippen LogP contribution >= 0.6 is 0 Å². The standard InChI is InChI=1S/C9H22N2O/c1-3-5-6-11-8-9(12)7-10-4-2/h9-12H,3-8H2,1-2H3. The van der Waals surface area contributed by atoms with E-state index in [2.05, 4.69) is 17.6 Å². The first kappa shape index (κ1) is 11.9. The van der Waals surface area contributed by atoms with Crippen LogP contribution in [0.1, 0.15) is 26.7 Å². The minimum atomic E-state index is -0.248. The van der Waals surface area contributed by atoms with Crippen LogP contribution in [0.15, 0.2) is 0 Å². The second-order valence-electron chi connectivity index (χ2n) is 3.02. The summed E-state index contributed by atoms with van der Waals surface area (Å²) in [7, 11) is 0. The first-order chi connectivity index (χ1) is 5.81. The molecule has 12 heavy (non-hydrogen) atoms. The van der Waals surface area contributed by atoms with Crippen molar-refractivity contribution in [2.24, 2.45) is 0 Å². The van der Waals surface area contributed by atoms with E-state index in [1.165, 1.54) is 12.8 Å². The molecule has 0 aliphatic carbocycles. The Morgan fingerprint density at radius 1 is 1.17 bits per heavy atom. The maximum atomic E-state index is 9.35. The topological polar surface area (TPSA) is 44.3 Å². The normalized spacial score (nSPS) is 13.2. The highest BCUT2D eigenvalue weighted by Crippen LogP contribution is 1.83. The van der Waals surface area contributed by atoms with Crippen LogP contribution in [-0.2, 0) is 0 Å². The molecule has 0 amide bonds. The zero-order valence-electron chi connectivity index (χ0n) is 8.27. The van der Waals surface area contributed by atoms with E-state index in [-0.39, 0.29) is 6.10 Å². The zero-order chi connectivity index (χ0) is 9.23.